The Labute approximate surface area is 138 Å². The molecule has 0 fully saturated rings. The Bertz CT molecular complexity index is 1180. The van der Waals surface area contributed by atoms with Crippen molar-refractivity contribution in [3.63, 3.8) is 0 Å². The van der Waals surface area contributed by atoms with Crippen LogP contribution in [0.4, 0.5) is 4.39 Å². The van der Waals surface area contributed by atoms with Crippen molar-refractivity contribution in [3.05, 3.63) is 84.2 Å². The largest absolute Gasteiger partial charge is 0.353 e. The molecule has 5 rings (SSSR count). The summed E-state index contributed by atoms with van der Waals surface area (Å²) >= 11 is 0. The molecule has 1 N–H and O–H groups in total. The van der Waals surface area contributed by atoms with Crippen LogP contribution in [0.3, 0.4) is 0 Å². The molecule has 2 heterocycles. The Morgan fingerprint density at radius 3 is 2.50 bits per heavy atom. The molecule has 0 saturated carbocycles. The number of aromatic amines is 1. The Balaban J connectivity index is 1.90. The summed E-state index contributed by atoms with van der Waals surface area (Å²) in [6.45, 7) is 0.758. The smallest absolute Gasteiger partial charge is 0.124 e. The highest BCUT2D eigenvalue weighted by molar-refractivity contribution is 6.17. The molecule has 3 aromatic carbocycles. The van der Waals surface area contributed by atoms with Crippen LogP contribution in [-0.2, 0) is 6.54 Å². The Kier molecular flexibility index (Phi) is 2.77. The number of H-pyrrole nitrogens is 1. The van der Waals surface area contributed by atoms with Crippen LogP contribution in [0.15, 0.2) is 72.8 Å². The van der Waals surface area contributed by atoms with Gasteiger partial charge in [-0.2, -0.15) is 0 Å². The van der Waals surface area contributed by atoms with Crippen LogP contribution in [0, 0.1) is 5.82 Å². The first-order valence-corrected chi connectivity index (χ1v) is 8.03. The lowest BCUT2D eigenvalue weighted by molar-refractivity contribution is 0.629. The Morgan fingerprint density at radius 2 is 1.62 bits per heavy atom. The van der Waals surface area contributed by atoms with E-state index in [1.165, 1.54) is 17.0 Å². The van der Waals surface area contributed by atoms with Gasteiger partial charge < -0.3 is 9.55 Å². The van der Waals surface area contributed by atoms with E-state index in [-0.39, 0.29) is 5.82 Å². The van der Waals surface area contributed by atoms with E-state index >= 15 is 0 Å². The van der Waals surface area contributed by atoms with Crippen molar-refractivity contribution in [1.29, 1.82) is 0 Å². The van der Waals surface area contributed by atoms with E-state index in [9.17, 15) is 4.39 Å². The first-order valence-electron chi connectivity index (χ1n) is 8.03. The zero-order valence-corrected chi connectivity index (χ0v) is 13.0. The number of fused-ring (bicyclic) bond motifs is 5. The maximum Gasteiger partial charge on any atom is 0.124 e. The van der Waals surface area contributed by atoms with Crippen LogP contribution in [0.2, 0.25) is 0 Å². The zero-order valence-electron chi connectivity index (χ0n) is 13.0. The second-order valence-electron chi connectivity index (χ2n) is 6.13. The summed E-state index contributed by atoms with van der Waals surface area (Å²) < 4.78 is 16.1. The van der Waals surface area contributed by atoms with Gasteiger partial charge in [0.2, 0.25) is 0 Å². The highest BCUT2D eigenvalue weighted by Gasteiger charge is 2.16. The second-order valence-corrected chi connectivity index (χ2v) is 6.13. The van der Waals surface area contributed by atoms with Gasteiger partial charge in [-0.05, 0) is 29.8 Å². The van der Waals surface area contributed by atoms with Crippen molar-refractivity contribution in [2.24, 2.45) is 0 Å². The SMILES string of the molecule is Fc1ccc2c(c1)c1[nH]c3ccccc3c1n2Cc1ccccc1. The number of nitrogens with one attached hydrogen (secondary N) is 1. The molecule has 0 aliphatic carbocycles. The van der Waals surface area contributed by atoms with Crippen LogP contribution in [0.25, 0.3) is 32.8 Å². The van der Waals surface area contributed by atoms with E-state index in [0.717, 1.165) is 34.0 Å². The number of rotatable bonds is 2. The number of hydrogen-bond acceptors (Lipinski definition) is 0. The molecule has 0 bridgehead atoms. The number of nitrogens with zero attached hydrogens (tertiary/aromatic N) is 1. The van der Waals surface area contributed by atoms with E-state index in [2.05, 4.69) is 33.8 Å². The summed E-state index contributed by atoms with van der Waals surface area (Å²) in [5, 5.41) is 2.09. The quantitative estimate of drug-likeness (QED) is 0.446. The molecule has 2 aromatic heterocycles. The Hall–Kier alpha value is -3.07. The zero-order chi connectivity index (χ0) is 16.1. The number of halogens is 1. The molecule has 0 aliphatic rings. The number of benzene rings is 3. The number of hydrogen-bond donors (Lipinski definition) is 1. The normalized spacial score (nSPS) is 11.7. The molecule has 0 unspecified atom stereocenters. The molecule has 116 valence electrons. The van der Waals surface area contributed by atoms with Crippen LogP contribution < -0.4 is 0 Å². The lowest BCUT2D eigenvalue weighted by atomic mass is 10.2. The maximum atomic E-state index is 13.8. The fourth-order valence-electron chi connectivity index (χ4n) is 3.60. The summed E-state index contributed by atoms with van der Waals surface area (Å²) in [5.41, 5.74) is 5.49. The molecular weight excluding hydrogens is 299 g/mol. The second kappa shape index (κ2) is 4.96. The van der Waals surface area contributed by atoms with Crippen molar-refractivity contribution in [3.8, 4) is 0 Å². The van der Waals surface area contributed by atoms with E-state index in [1.807, 2.05) is 36.4 Å². The summed E-state index contributed by atoms with van der Waals surface area (Å²) in [4.78, 5) is 3.47. The van der Waals surface area contributed by atoms with E-state index in [4.69, 9.17) is 0 Å². The lowest BCUT2D eigenvalue weighted by Gasteiger charge is -2.08. The maximum absolute atomic E-state index is 13.8. The van der Waals surface area contributed by atoms with E-state index < -0.39 is 0 Å². The van der Waals surface area contributed by atoms with Gasteiger partial charge in [-0.3, -0.25) is 0 Å². The average Bonchev–Trinajstić information content (AvgIpc) is 3.12. The minimum Gasteiger partial charge on any atom is -0.353 e. The number of para-hydroxylation sites is 1. The third kappa shape index (κ3) is 1.88. The number of aromatic nitrogens is 2. The van der Waals surface area contributed by atoms with Gasteiger partial charge in [-0.15, -0.1) is 0 Å². The predicted octanol–water partition coefficient (Wildman–Crippen LogP) is 5.46. The van der Waals surface area contributed by atoms with Gasteiger partial charge in [-0.25, -0.2) is 4.39 Å². The van der Waals surface area contributed by atoms with E-state index in [1.54, 1.807) is 6.07 Å². The van der Waals surface area contributed by atoms with Gasteiger partial charge in [0.15, 0.2) is 0 Å². The topological polar surface area (TPSA) is 20.7 Å². The third-order valence-electron chi connectivity index (χ3n) is 4.65. The summed E-state index contributed by atoms with van der Waals surface area (Å²) in [6, 6.07) is 23.6. The standard InChI is InChI=1S/C21H15FN2/c22-15-10-11-19-17(12-15)20-21(16-8-4-5-9-18(16)23-20)24(19)13-14-6-2-1-3-7-14/h1-12,23H,13H2. The fourth-order valence-corrected chi connectivity index (χ4v) is 3.60. The Morgan fingerprint density at radius 1 is 0.833 bits per heavy atom. The fraction of sp³-hybridized carbons (Fsp3) is 0.0476. The van der Waals surface area contributed by atoms with Crippen molar-refractivity contribution in [2.75, 3.05) is 0 Å². The highest BCUT2D eigenvalue weighted by Crippen LogP contribution is 2.35. The van der Waals surface area contributed by atoms with Gasteiger partial charge in [0.1, 0.15) is 5.82 Å². The van der Waals surface area contributed by atoms with Gasteiger partial charge in [0.25, 0.3) is 0 Å². The highest BCUT2D eigenvalue weighted by atomic mass is 19.1. The molecule has 2 nitrogen and oxygen atoms in total. The molecule has 24 heavy (non-hydrogen) atoms. The molecule has 3 heteroatoms. The first kappa shape index (κ1) is 13.4. The monoisotopic (exact) mass is 314 g/mol. The van der Waals surface area contributed by atoms with Crippen LogP contribution in [0.1, 0.15) is 5.56 Å². The third-order valence-corrected chi connectivity index (χ3v) is 4.65. The van der Waals surface area contributed by atoms with Crippen LogP contribution in [-0.4, -0.2) is 9.55 Å². The summed E-state index contributed by atoms with van der Waals surface area (Å²) in [7, 11) is 0. The lowest BCUT2D eigenvalue weighted by Crippen LogP contribution is -1.99. The molecule has 0 saturated heterocycles. The molecule has 0 amide bonds. The van der Waals surface area contributed by atoms with Crippen molar-refractivity contribution >= 4 is 32.8 Å². The van der Waals surface area contributed by atoms with Gasteiger partial charge in [0.05, 0.1) is 16.6 Å². The van der Waals surface area contributed by atoms with Crippen LogP contribution in [0.5, 0.6) is 0 Å². The molecule has 0 aliphatic heterocycles. The minimum atomic E-state index is -0.208. The molecule has 0 atom stereocenters. The van der Waals surface area contributed by atoms with Gasteiger partial charge >= 0.3 is 0 Å². The van der Waals surface area contributed by atoms with Crippen molar-refractivity contribution in [1.82, 2.24) is 9.55 Å². The predicted molar refractivity (Wildman–Crippen MR) is 96.8 cm³/mol. The molecular formula is C21H15FN2. The molecule has 5 aromatic rings. The minimum absolute atomic E-state index is 0.208. The van der Waals surface area contributed by atoms with Gasteiger partial charge in [-0.1, -0.05) is 48.5 Å². The first-order chi connectivity index (χ1) is 11.8. The summed E-state index contributed by atoms with van der Waals surface area (Å²) in [5.74, 6) is -0.208. The molecule has 0 spiro atoms. The van der Waals surface area contributed by atoms with Crippen molar-refractivity contribution in [2.45, 2.75) is 6.54 Å². The van der Waals surface area contributed by atoms with Crippen molar-refractivity contribution < 1.29 is 4.39 Å². The average molecular weight is 314 g/mol. The molecule has 0 radical (unpaired) electrons. The van der Waals surface area contributed by atoms with E-state index in [0.29, 0.717) is 0 Å². The van der Waals surface area contributed by atoms with Gasteiger partial charge in [0, 0.05) is 22.8 Å². The van der Waals surface area contributed by atoms with Crippen LogP contribution >= 0.6 is 0 Å². The summed E-state index contributed by atoms with van der Waals surface area (Å²) in [6.07, 6.45) is 0.